The van der Waals surface area contributed by atoms with E-state index < -0.39 is 0 Å². The standard InChI is InChI=1S/C15H19N3O/c1-3-18(4-2)15(19)14-7-5-13(6-8-14)11-17-10-9-16-12-17/h5-10,12H,3-4,11H2,1-2H3. The Hall–Kier alpha value is -2.10. The molecule has 4 nitrogen and oxygen atoms in total. The first-order valence-corrected chi connectivity index (χ1v) is 6.58. The Kier molecular flexibility index (Phi) is 4.34. The fourth-order valence-electron chi connectivity index (χ4n) is 2.04. The van der Waals surface area contributed by atoms with Gasteiger partial charge in [0.15, 0.2) is 0 Å². The first-order chi connectivity index (χ1) is 9.24. The van der Waals surface area contributed by atoms with Crippen molar-refractivity contribution in [3.05, 3.63) is 54.1 Å². The van der Waals surface area contributed by atoms with Crippen molar-refractivity contribution < 1.29 is 4.79 Å². The van der Waals surface area contributed by atoms with Gasteiger partial charge in [-0.2, -0.15) is 0 Å². The Bertz CT molecular complexity index is 513. The number of amides is 1. The number of carbonyl (C=O) groups excluding carboxylic acids is 1. The van der Waals surface area contributed by atoms with Crippen LogP contribution in [0.2, 0.25) is 0 Å². The fraction of sp³-hybridized carbons (Fsp3) is 0.333. The minimum absolute atomic E-state index is 0.0965. The van der Waals surface area contributed by atoms with Crippen molar-refractivity contribution in [2.24, 2.45) is 0 Å². The predicted molar refractivity (Wildman–Crippen MR) is 75.0 cm³/mol. The van der Waals surface area contributed by atoms with Crippen LogP contribution in [0.3, 0.4) is 0 Å². The number of benzene rings is 1. The molecule has 0 N–H and O–H groups in total. The van der Waals surface area contributed by atoms with E-state index >= 15 is 0 Å². The largest absolute Gasteiger partial charge is 0.339 e. The molecule has 2 rings (SSSR count). The first-order valence-electron chi connectivity index (χ1n) is 6.58. The van der Waals surface area contributed by atoms with Crippen molar-refractivity contribution in [1.82, 2.24) is 14.5 Å². The molecule has 0 radical (unpaired) electrons. The number of hydrogen-bond donors (Lipinski definition) is 0. The van der Waals surface area contributed by atoms with E-state index in [0.717, 1.165) is 30.8 Å². The number of carbonyl (C=O) groups is 1. The molecular weight excluding hydrogens is 238 g/mol. The highest BCUT2D eigenvalue weighted by Crippen LogP contribution is 2.09. The molecule has 0 unspecified atom stereocenters. The van der Waals surface area contributed by atoms with Gasteiger partial charge in [0.25, 0.3) is 5.91 Å². The first kappa shape index (κ1) is 13.3. The molecule has 100 valence electrons. The van der Waals surface area contributed by atoms with Crippen molar-refractivity contribution in [3.8, 4) is 0 Å². The molecule has 0 bridgehead atoms. The van der Waals surface area contributed by atoms with E-state index in [2.05, 4.69) is 4.98 Å². The maximum atomic E-state index is 12.1. The predicted octanol–water partition coefficient (Wildman–Crippen LogP) is 2.41. The topological polar surface area (TPSA) is 38.1 Å². The van der Waals surface area contributed by atoms with E-state index in [1.165, 1.54) is 0 Å². The minimum atomic E-state index is 0.0965. The molecule has 0 saturated heterocycles. The molecule has 4 heteroatoms. The molecule has 1 aromatic heterocycles. The van der Waals surface area contributed by atoms with Gasteiger partial charge in [-0.15, -0.1) is 0 Å². The Labute approximate surface area is 113 Å². The second kappa shape index (κ2) is 6.18. The summed E-state index contributed by atoms with van der Waals surface area (Å²) in [6.07, 6.45) is 5.47. The lowest BCUT2D eigenvalue weighted by molar-refractivity contribution is 0.0773. The highest BCUT2D eigenvalue weighted by Gasteiger charge is 2.11. The van der Waals surface area contributed by atoms with Crippen molar-refractivity contribution >= 4 is 5.91 Å². The van der Waals surface area contributed by atoms with Crippen LogP contribution in [0.25, 0.3) is 0 Å². The molecule has 1 aromatic carbocycles. The summed E-state index contributed by atoms with van der Waals surface area (Å²) < 4.78 is 2.00. The fourth-order valence-corrected chi connectivity index (χ4v) is 2.04. The highest BCUT2D eigenvalue weighted by atomic mass is 16.2. The van der Waals surface area contributed by atoms with Crippen LogP contribution in [0.15, 0.2) is 43.0 Å². The molecule has 1 heterocycles. The number of nitrogens with zero attached hydrogens (tertiary/aromatic N) is 3. The summed E-state index contributed by atoms with van der Waals surface area (Å²) >= 11 is 0. The molecule has 2 aromatic rings. The van der Waals surface area contributed by atoms with Crippen LogP contribution in [0, 0.1) is 0 Å². The minimum Gasteiger partial charge on any atom is -0.339 e. The van der Waals surface area contributed by atoms with Crippen LogP contribution in [0.5, 0.6) is 0 Å². The van der Waals surface area contributed by atoms with Crippen LogP contribution >= 0.6 is 0 Å². The van der Waals surface area contributed by atoms with Gasteiger partial charge in [-0.25, -0.2) is 4.98 Å². The Morgan fingerprint density at radius 1 is 1.21 bits per heavy atom. The lowest BCUT2D eigenvalue weighted by Gasteiger charge is -2.18. The van der Waals surface area contributed by atoms with Crippen LogP contribution < -0.4 is 0 Å². The summed E-state index contributed by atoms with van der Waals surface area (Å²) in [6.45, 7) is 6.25. The normalized spacial score (nSPS) is 10.4. The van der Waals surface area contributed by atoms with Gasteiger partial charge in [0.05, 0.1) is 6.33 Å². The van der Waals surface area contributed by atoms with E-state index in [9.17, 15) is 4.79 Å². The number of hydrogen-bond acceptors (Lipinski definition) is 2. The van der Waals surface area contributed by atoms with E-state index in [0.29, 0.717) is 0 Å². The highest BCUT2D eigenvalue weighted by molar-refractivity contribution is 5.94. The van der Waals surface area contributed by atoms with E-state index in [4.69, 9.17) is 0 Å². The lowest BCUT2D eigenvalue weighted by Crippen LogP contribution is -2.30. The maximum Gasteiger partial charge on any atom is 0.253 e. The molecule has 0 aliphatic rings. The van der Waals surface area contributed by atoms with Gasteiger partial charge >= 0.3 is 0 Å². The van der Waals surface area contributed by atoms with Gasteiger partial charge in [0.2, 0.25) is 0 Å². The van der Waals surface area contributed by atoms with Gasteiger partial charge in [-0.3, -0.25) is 4.79 Å². The third-order valence-corrected chi connectivity index (χ3v) is 3.18. The molecule has 0 aliphatic heterocycles. The molecule has 19 heavy (non-hydrogen) atoms. The quantitative estimate of drug-likeness (QED) is 0.825. The second-order valence-electron chi connectivity index (χ2n) is 4.41. The van der Waals surface area contributed by atoms with Gasteiger partial charge in [0.1, 0.15) is 0 Å². The average Bonchev–Trinajstić information content (AvgIpc) is 2.94. The molecule has 0 atom stereocenters. The zero-order chi connectivity index (χ0) is 13.7. The molecule has 1 amide bonds. The Balaban J connectivity index is 2.07. The van der Waals surface area contributed by atoms with Gasteiger partial charge in [-0.05, 0) is 31.5 Å². The van der Waals surface area contributed by atoms with Gasteiger partial charge in [-0.1, -0.05) is 12.1 Å². The van der Waals surface area contributed by atoms with E-state index in [1.807, 2.05) is 53.8 Å². The van der Waals surface area contributed by atoms with Crippen LogP contribution in [-0.2, 0) is 6.54 Å². The van der Waals surface area contributed by atoms with E-state index in [-0.39, 0.29) is 5.91 Å². The summed E-state index contributed by atoms with van der Waals surface area (Å²) in [5, 5.41) is 0. The van der Waals surface area contributed by atoms with E-state index in [1.54, 1.807) is 12.5 Å². The molecule has 0 aliphatic carbocycles. The summed E-state index contributed by atoms with van der Waals surface area (Å²) in [7, 11) is 0. The smallest absolute Gasteiger partial charge is 0.253 e. The van der Waals surface area contributed by atoms with Crippen LogP contribution in [-0.4, -0.2) is 33.4 Å². The molecule has 0 fully saturated rings. The summed E-state index contributed by atoms with van der Waals surface area (Å²) in [5.41, 5.74) is 1.91. The third kappa shape index (κ3) is 3.22. The monoisotopic (exact) mass is 257 g/mol. The number of imidazole rings is 1. The average molecular weight is 257 g/mol. The summed E-state index contributed by atoms with van der Waals surface area (Å²) in [4.78, 5) is 18.0. The van der Waals surface area contributed by atoms with Crippen molar-refractivity contribution in [3.63, 3.8) is 0 Å². The third-order valence-electron chi connectivity index (χ3n) is 3.18. The van der Waals surface area contributed by atoms with Crippen molar-refractivity contribution in [1.29, 1.82) is 0 Å². The molecular formula is C15H19N3O. The number of aromatic nitrogens is 2. The van der Waals surface area contributed by atoms with Crippen LogP contribution in [0.1, 0.15) is 29.8 Å². The van der Waals surface area contributed by atoms with Crippen molar-refractivity contribution in [2.75, 3.05) is 13.1 Å². The molecule has 0 saturated carbocycles. The summed E-state index contributed by atoms with van der Waals surface area (Å²) in [6, 6.07) is 7.79. The maximum absolute atomic E-state index is 12.1. The van der Waals surface area contributed by atoms with Gasteiger partial charge < -0.3 is 9.47 Å². The zero-order valence-corrected chi connectivity index (χ0v) is 11.4. The van der Waals surface area contributed by atoms with Crippen LogP contribution in [0.4, 0.5) is 0 Å². The van der Waals surface area contributed by atoms with Crippen molar-refractivity contribution in [2.45, 2.75) is 20.4 Å². The second-order valence-corrected chi connectivity index (χ2v) is 4.41. The Morgan fingerprint density at radius 2 is 1.89 bits per heavy atom. The Morgan fingerprint density at radius 3 is 2.42 bits per heavy atom. The SMILES string of the molecule is CCN(CC)C(=O)c1ccc(Cn2ccnc2)cc1. The molecule has 0 spiro atoms. The lowest BCUT2D eigenvalue weighted by atomic mass is 10.1. The van der Waals surface area contributed by atoms with Gasteiger partial charge in [0, 0.05) is 37.6 Å². The zero-order valence-electron chi connectivity index (χ0n) is 11.4. The summed E-state index contributed by atoms with van der Waals surface area (Å²) in [5.74, 6) is 0.0965. The number of rotatable bonds is 5.